The third-order valence-corrected chi connectivity index (χ3v) is 5.81. The molecule has 208 valence electrons. The summed E-state index contributed by atoms with van der Waals surface area (Å²) < 4.78 is 17.5. The molecule has 4 N–H and O–H groups in total. The van der Waals surface area contributed by atoms with Crippen molar-refractivity contribution in [3.8, 4) is 17.2 Å². The Hall–Kier alpha value is -3.75. The molecule has 0 radical (unpaired) electrons. The highest BCUT2D eigenvalue weighted by Crippen LogP contribution is 2.28. The zero-order chi connectivity index (χ0) is 28.1. The number of ether oxygens (including phenoxy) is 3. The van der Waals surface area contributed by atoms with Crippen LogP contribution in [0, 0.1) is 5.41 Å². The molecule has 38 heavy (non-hydrogen) atoms. The summed E-state index contributed by atoms with van der Waals surface area (Å²) in [6.07, 6.45) is 2.95. The van der Waals surface area contributed by atoms with Crippen LogP contribution in [-0.4, -0.2) is 59.6 Å². The molecule has 1 amide bonds. The number of nitrogens with one attached hydrogen (secondary N) is 1. The molecule has 2 rings (SSSR count). The van der Waals surface area contributed by atoms with E-state index < -0.39 is 5.97 Å². The van der Waals surface area contributed by atoms with E-state index in [1.165, 1.54) is 0 Å². The van der Waals surface area contributed by atoms with E-state index in [1.807, 2.05) is 27.7 Å². The van der Waals surface area contributed by atoms with Crippen LogP contribution in [0.5, 0.6) is 17.2 Å². The number of nitrogens with two attached hydrogens (primary N) is 1. The lowest BCUT2D eigenvalue weighted by Crippen LogP contribution is -2.42. The van der Waals surface area contributed by atoms with Crippen LogP contribution < -0.4 is 19.9 Å². The quantitative estimate of drug-likeness (QED) is 0.148. The van der Waals surface area contributed by atoms with Crippen molar-refractivity contribution >= 4 is 17.7 Å². The number of carbonyl (C=O) groups excluding carboxylic acids is 1. The Kier molecular flexibility index (Phi) is 12.4. The molecular weight excluding hydrogens is 486 g/mol. The average molecular weight is 528 g/mol. The van der Waals surface area contributed by atoms with Crippen LogP contribution in [0.3, 0.4) is 0 Å². The normalized spacial score (nSPS) is 10.9. The summed E-state index contributed by atoms with van der Waals surface area (Å²) >= 11 is 0. The molecule has 0 unspecified atom stereocenters. The number of carboxylic acid groups (broad SMARTS) is 1. The van der Waals surface area contributed by atoms with Crippen LogP contribution in [0.25, 0.3) is 0 Å². The number of rotatable bonds is 17. The van der Waals surface area contributed by atoms with Crippen molar-refractivity contribution in [1.29, 1.82) is 5.41 Å². The van der Waals surface area contributed by atoms with Crippen molar-refractivity contribution in [2.24, 2.45) is 5.73 Å². The van der Waals surface area contributed by atoms with Crippen LogP contribution in [0.4, 0.5) is 0 Å². The van der Waals surface area contributed by atoms with Crippen LogP contribution in [0.2, 0.25) is 0 Å². The number of hydrogen-bond donors (Lipinski definition) is 3. The van der Waals surface area contributed by atoms with Crippen LogP contribution in [0.1, 0.15) is 75.7 Å². The first-order chi connectivity index (χ1) is 18.1. The van der Waals surface area contributed by atoms with Crippen LogP contribution in [-0.2, 0) is 4.79 Å². The second-order valence-corrected chi connectivity index (χ2v) is 9.60. The molecule has 0 heterocycles. The van der Waals surface area contributed by atoms with E-state index in [4.69, 9.17) is 30.5 Å². The van der Waals surface area contributed by atoms with E-state index in [-0.39, 0.29) is 36.9 Å². The number of aliphatic carboxylic acids is 1. The Labute approximate surface area is 225 Å². The number of nitrogen functional groups attached to an aromatic ring is 1. The summed E-state index contributed by atoms with van der Waals surface area (Å²) in [4.78, 5) is 25.9. The van der Waals surface area contributed by atoms with E-state index in [1.54, 1.807) is 47.4 Å². The van der Waals surface area contributed by atoms with Crippen molar-refractivity contribution in [2.45, 2.75) is 71.9 Å². The van der Waals surface area contributed by atoms with Crippen molar-refractivity contribution in [2.75, 3.05) is 19.8 Å². The largest absolute Gasteiger partial charge is 0.494 e. The fourth-order valence-corrected chi connectivity index (χ4v) is 3.99. The molecule has 2 aromatic carbocycles. The molecular formula is C29H41N3O6. The lowest BCUT2D eigenvalue weighted by atomic mass is 10.1. The van der Waals surface area contributed by atoms with Crippen molar-refractivity contribution in [3.05, 3.63) is 53.6 Å². The molecule has 0 bridgehead atoms. The van der Waals surface area contributed by atoms with Crippen LogP contribution in [0.15, 0.2) is 42.5 Å². The Morgan fingerprint density at radius 3 is 1.95 bits per heavy atom. The fraction of sp³-hybridized carbons (Fsp3) is 0.483. The van der Waals surface area contributed by atoms with Gasteiger partial charge in [0.2, 0.25) is 0 Å². The minimum absolute atomic E-state index is 0.00295. The third-order valence-electron chi connectivity index (χ3n) is 5.81. The molecule has 9 heteroatoms. The molecule has 0 fully saturated rings. The zero-order valence-corrected chi connectivity index (χ0v) is 22.9. The SMILES string of the molecule is CC(C)N(C(=O)c1ccc(OCCCCCOc2ccc(C(=N)N)cc2)cc1OCCCC(=O)O)C(C)C. The Morgan fingerprint density at radius 1 is 0.842 bits per heavy atom. The maximum Gasteiger partial charge on any atom is 0.303 e. The van der Waals surface area contributed by atoms with Crippen molar-refractivity contribution in [1.82, 2.24) is 4.90 Å². The maximum absolute atomic E-state index is 13.3. The first-order valence-corrected chi connectivity index (χ1v) is 13.1. The second kappa shape index (κ2) is 15.5. The van der Waals surface area contributed by atoms with E-state index in [0.717, 1.165) is 25.0 Å². The number of amides is 1. The summed E-state index contributed by atoms with van der Waals surface area (Å²) in [5, 5.41) is 16.3. The van der Waals surface area contributed by atoms with Crippen LogP contribution >= 0.6 is 0 Å². The summed E-state index contributed by atoms with van der Waals surface area (Å²) in [6.45, 7) is 9.15. The van der Waals surface area contributed by atoms with E-state index in [2.05, 4.69) is 0 Å². The third kappa shape index (κ3) is 9.95. The number of benzene rings is 2. The predicted molar refractivity (Wildman–Crippen MR) is 148 cm³/mol. The summed E-state index contributed by atoms with van der Waals surface area (Å²) in [7, 11) is 0. The van der Waals surface area contributed by atoms with Gasteiger partial charge < -0.3 is 30.0 Å². The number of carbonyl (C=O) groups is 2. The monoisotopic (exact) mass is 527 g/mol. The van der Waals surface area contributed by atoms with Gasteiger partial charge in [-0.25, -0.2) is 0 Å². The number of carboxylic acids is 1. The summed E-state index contributed by atoms with van der Waals surface area (Å²) in [5.74, 6) is 0.744. The molecule has 0 saturated heterocycles. The standard InChI is InChI=1S/C29H41N3O6/c1-20(2)32(21(3)4)29(35)25-15-14-24(19-26(25)38-18-8-9-27(33)34)37-17-7-5-6-16-36-23-12-10-22(11-13-23)28(30)31/h10-15,19-21H,5-9,16-18H2,1-4H3,(H3,30,31)(H,33,34). The second-order valence-electron chi connectivity index (χ2n) is 9.60. The van der Waals surface area contributed by atoms with Gasteiger partial charge in [-0.2, -0.15) is 0 Å². The van der Waals surface area contributed by atoms with Gasteiger partial charge in [-0.05, 0) is 89.8 Å². The van der Waals surface area contributed by atoms with E-state index >= 15 is 0 Å². The molecule has 0 saturated carbocycles. The fourth-order valence-electron chi connectivity index (χ4n) is 3.99. The Balaban J connectivity index is 1.89. The molecule has 0 aliphatic carbocycles. The number of unbranched alkanes of at least 4 members (excludes halogenated alkanes) is 2. The first kappa shape index (κ1) is 30.5. The summed E-state index contributed by atoms with van der Waals surface area (Å²) in [5.41, 5.74) is 6.56. The molecule has 0 aliphatic rings. The van der Waals surface area contributed by atoms with Gasteiger partial charge >= 0.3 is 5.97 Å². The van der Waals surface area contributed by atoms with Gasteiger partial charge in [0.1, 0.15) is 23.1 Å². The molecule has 0 aliphatic heterocycles. The van der Waals surface area contributed by atoms with Gasteiger partial charge in [-0.15, -0.1) is 0 Å². The highest BCUT2D eigenvalue weighted by atomic mass is 16.5. The van der Waals surface area contributed by atoms with E-state index in [0.29, 0.717) is 42.3 Å². The number of nitrogens with zero attached hydrogens (tertiary/aromatic N) is 1. The lowest BCUT2D eigenvalue weighted by molar-refractivity contribution is -0.137. The van der Waals surface area contributed by atoms with Gasteiger partial charge in [-0.1, -0.05) is 0 Å². The molecule has 0 atom stereocenters. The van der Waals surface area contributed by atoms with Gasteiger partial charge in [0, 0.05) is 30.1 Å². The van der Waals surface area contributed by atoms with Crippen molar-refractivity contribution in [3.63, 3.8) is 0 Å². The smallest absolute Gasteiger partial charge is 0.303 e. The number of hydrogen-bond acceptors (Lipinski definition) is 6. The van der Waals surface area contributed by atoms with Gasteiger partial charge in [0.05, 0.1) is 25.4 Å². The molecule has 9 nitrogen and oxygen atoms in total. The first-order valence-electron chi connectivity index (χ1n) is 13.1. The zero-order valence-electron chi connectivity index (χ0n) is 22.9. The lowest BCUT2D eigenvalue weighted by Gasteiger charge is -2.31. The highest BCUT2D eigenvalue weighted by Gasteiger charge is 2.25. The minimum Gasteiger partial charge on any atom is -0.494 e. The molecule has 0 spiro atoms. The minimum atomic E-state index is -0.885. The highest BCUT2D eigenvalue weighted by molar-refractivity contribution is 5.97. The predicted octanol–water partition coefficient (Wildman–Crippen LogP) is 5.10. The van der Waals surface area contributed by atoms with Gasteiger partial charge in [0.15, 0.2) is 0 Å². The van der Waals surface area contributed by atoms with Gasteiger partial charge in [0.25, 0.3) is 5.91 Å². The number of amidine groups is 1. The average Bonchev–Trinajstić information content (AvgIpc) is 2.85. The summed E-state index contributed by atoms with van der Waals surface area (Å²) in [6, 6.07) is 12.4. The van der Waals surface area contributed by atoms with Gasteiger partial charge in [-0.3, -0.25) is 15.0 Å². The Bertz CT molecular complexity index is 1040. The maximum atomic E-state index is 13.3. The topological polar surface area (TPSA) is 135 Å². The van der Waals surface area contributed by atoms with E-state index in [9.17, 15) is 9.59 Å². The molecule has 2 aromatic rings. The Morgan fingerprint density at radius 2 is 1.39 bits per heavy atom. The van der Waals surface area contributed by atoms with Crippen molar-refractivity contribution < 1.29 is 28.9 Å². The molecule has 0 aromatic heterocycles.